The number of ether oxygens (including phenoxy) is 1. The summed E-state index contributed by atoms with van der Waals surface area (Å²) in [5.74, 6) is 0.548. The lowest BCUT2D eigenvalue weighted by Crippen LogP contribution is -2.44. The van der Waals surface area contributed by atoms with Gasteiger partial charge in [0.1, 0.15) is 11.8 Å². The van der Waals surface area contributed by atoms with Gasteiger partial charge < -0.3 is 15.0 Å². The van der Waals surface area contributed by atoms with Crippen molar-refractivity contribution in [2.45, 2.75) is 10.9 Å². The van der Waals surface area contributed by atoms with E-state index in [2.05, 4.69) is 5.32 Å². The average molecular weight is 450 g/mol. The van der Waals surface area contributed by atoms with Gasteiger partial charge in [-0.1, -0.05) is 18.2 Å². The Morgan fingerprint density at radius 1 is 1.17 bits per heavy atom. The van der Waals surface area contributed by atoms with E-state index in [-0.39, 0.29) is 16.5 Å². The second-order valence-electron chi connectivity index (χ2n) is 6.80. The summed E-state index contributed by atoms with van der Waals surface area (Å²) in [4.78, 5) is 27.4. The van der Waals surface area contributed by atoms with E-state index in [1.54, 1.807) is 24.3 Å². The monoisotopic (exact) mass is 449 g/mol. The fourth-order valence-corrected chi connectivity index (χ4v) is 5.06. The molecule has 10 heteroatoms. The highest BCUT2D eigenvalue weighted by atomic mass is 32.2. The van der Waals surface area contributed by atoms with E-state index in [0.717, 1.165) is 4.31 Å². The smallest absolute Gasteiger partial charge is 0.255 e. The van der Waals surface area contributed by atoms with Crippen molar-refractivity contribution in [3.63, 3.8) is 0 Å². The van der Waals surface area contributed by atoms with Crippen molar-refractivity contribution in [1.29, 1.82) is 0 Å². The molecule has 0 aliphatic carbocycles. The van der Waals surface area contributed by atoms with Crippen LogP contribution >= 0.6 is 11.8 Å². The van der Waals surface area contributed by atoms with Crippen LogP contribution in [0.4, 0.5) is 5.69 Å². The molecule has 0 bridgehead atoms. The van der Waals surface area contributed by atoms with E-state index in [9.17, 15) is 18.0 Å². The molecule has 3 rings (SSSR count). The minimum Gasteiger partial charge on any atom is -0.495 e. The fraction of sp³-hybridized carbons (Fsp3) is 0.300. The van der Waals surface area contributed by atoms with Crippen LogP contribution in [0.2, 0.25) is 0 Å². The summed E-state index contributed by atoms with van der Waals surface area (Å²) in [6.45, 7) is 0. The van der Waals surface area contributed by atoms with E-state index in [0.29, 0.717) is 22.9 Å². The molecule has 1 atom stereocenters. The first-order valence-electron chi connectivity index (χ1n) is 9.11. The molecule has 1 heterocycles. The summed E-state index contributed by atoms with van der Waals surface area (Å²) in [7, 11) is 0.613. The number of benzene rings is 2. The maximum absolute atomic E-state index is 13.0. The van der Waals surface area contributed by atoms with Crippen LogP contribution in [0, 0.1) is 0 Å². The topological polar surface area (TPSA) is 96.0 Å². The number of nitrogens with zero attached hydrogens (tertiary/aromatic N) is 2. The summed E-state index contributed by atoms with van der Waals surface area (Å²) in [6.07, 6.45) is 0. The van der Waals surface area contributed by atoms with Crippen LogP contribution in [0.1, 0.15) is 10.4 Å². The Balaban J connectivity index is 1.85. The van der Waals surface area contributed by atoms with Crippen molar-refractivity contribution in [3.05, 3.63) is 54.1 Å². The molecule has 2 aromatic carbocycles. The Morgan fingerprint density at radius 3 is 2.50 bits per heavy atom. The summed E-state index contributed by atoms with van der Waals surface area (Å²) in [5.41, 5.74) is 0.740. The zero-order valence-corrected chi connectivity index (χ0v) is 18.5. The molecule has 0 unspecified atom stereocenters. The van der Waals surface area contributed by atoms with Crippen LogP contribution in [0.25, 0.3) is 0 Å². The first kappa shape index (κ1) is 22.1. The van der Waals surface area contributed by atoms with Gasteiger partial charge in [-0.15, -0.1) is 11.8 Å². The summed E-state index contributed by atoms with van der Waals surface area (Å²) in [6, 6.07) is 12.4. The molecule has 2 aromatic rings. The van der Waals surface area contributed by atoms with Gasteiger partial charge in [0.25, 0.3) is 5.91 Å². The van der Waals surface area contributed by atoms with Crippen molar-refractivity contribution >= 4 is 39.3 Å². The molecule has 1 saturated heterocycles. The Bertz CT molecular complexity index is 1040. The highest BCUT2D eigenvalue weighted by molar-refractivity contribution is 7.99. The summed E-state index contributed by atoms with van der Waals surface area (Å²) in [5, 5.41) is 2.74. The molecular weight excluding hydrogens is 426 g/mol. The third-order valence-corrected chi connectivity index (χ3v) is 7.50. The number of carbonyl (C=O) groups is 2. The Labute approximate surface area is 180 Å². The number of carbonyl (C=O) groups excluding carboxylic acids is 2. The van der Waals surface area contributed by atoms with Crippen molar-refractivity contribution < 1.29 is 22.7 Å². The predicted octanol–water partition coefficient (Wildman–Crippen LogP) is 2.10. The lowest BCUT2D eigenvalue weighted by atomic mass is 10.1. The van der Waals surface area contributed by atoms with E-state index >= 15 is 0 Å². The third kappa shape index (κ3) is 4.45. The van der Waals surface area contributed by atoms with Gasteiger partial charge in [-0.3, -0.25) is 9.59 Å². The van der Waals surface area contributed by atoms with Crippen molar-refractivity contribution in [3.8, 4) is 5.75 Å². The number of hydrogen-bond acceptors (Lipinski definition) is 6. The minimum absolute atomic E-state index is 0.0293. The highest BCUT2D eigenvalue weighted by Crippen LogP contribution is 2.30. The van der Waals surface area contributed by atoms with Crippen LogP contribution in [-0.2, 0) is 14.8 Å². The molecule has 1 aliphatic rings. The maximum Gasteiger partial charge on any atom is 0.255 e. The summed E-state index contributed by atoms with van der Waals surface area (Å²) < 4.78 is 31.2. The molecule has 0 spiro atoms. The number of rotatable bonds is 6. The minimum atomic E-state index is -3.68. The zero-order valence-electron chi connectivity index (χ0n) is 16.9. The molecule has 1 aliphatic heterocycles. The lowest BCUT2D eigenvalue weighted by molar-refractivity contribution is -0.119. The van der Waals surface area contributed by atoms with Crippen LogP contribution in [0.3, 0.4) is 0 Å². The number of hydrogen-bond donors (Lipinski definition) is 1. The second kappa shape index (κ2) is 9.07. The summed E-state index contributed by atoms with van der Waals surface area (Å²) >= 11 is 1.48. The first-order chi connectivity index (χ1) is 14.3. The number of nitrogens with one attached hydrogen (secondary N) is 1. The number of anilines is 1. The zero-order chi connectivity index (χ0) is 21.9. The lowest BCUT2D eigenvalue weighted by Gasteiger charge is -2.23. The van der Waals surface area contributed by atoms with Gasteiger partial charge in [0.05, 0.1) is 23.6 Å². The highest BCUT2D eigenvalue weighted by Gasteiger charge is 2.35. The van der Waals surface area contributed by atoms with E-state index in [1.807, 2.05) is 6.07 Å². The Hall–Kier alpha value is -2.56. The Kier molecular flexibility index (Phi) is 6.69. The van der Waals surface area contributed by atoms with Gasteiger partial charge in [0.2, 0.25) is 15.9 Å². The second-order valence-corrected chi connectivity index (χ2v) is 9.95. The van der Waals surface area contributed by atoms with E-state index < -0.39 is 22.0 Å². The largest absolute Gasteiger partial charge is 0.495 e. The Morgan fingerprint density at radius 2 is 1.87 bits per heavy atom. The van der Waals surface area contributed by atoms with E-state index in [4.69, 9.17) is 4.74 Å². The predicted molar refractivity (Wildman–Crippen MR) is 116 cm³/mol. The molecule has 30 heavy (non-hydrogen) atoms. The normalized spacial score (nSPS) is 16.5. The standard InChI is InChI=1S/C20H23N3O5S2/c1-22(2)30(26,27)15-9-10-18(28-3)16(11-15)21-19(24)17-12-29-13-23(17)20(25)14-7-5-4-6-8-14/h4-11,17H,12-13H2,1-3H3,(H,21,24)/t17-/m0/s1. The maximum atomic E-state index is 13.0. The van der Waals surface area contributed by atoms with Crippen molar-refractivity contribution in [2.24, 2.45) is 0 Å². The van der Waals surface area contributed by atoms with Crippen molar-refractivity contribution in [1.82, 2.24) is 9.21 Å². The molecule has 2 amide bonds. The quantitative estimate of drug-likeness (QED) is 0.726. The molecule has 1 fully saturated rings. The molecule has 0 saturated carbocycles. The number of thioether (sulfide) groups is 1. The number of methoxy groups -OCH3 is 1. The molecule has 0 radical (unpaired) electrons. The fourth-order valence-electron chi connectivity index (χ4n) is 2.98. The SMILES string of the molecule is COc1ccc(S(=O)(=O)N(C)C)cc1NC(=O)[C@@H]1CSCN1C(=O)c1ccccc1. The first-order valence-corrected chi connectivity index (χ1v) is 11.7. The molecule has 160 valence electrons. The van der Waals surface area contributed by atoms with Crippen LogP contribution in [0.5, 0.6) is 5.75 Å². The van der Waals surface area contributed by atoms with Crippen molar-refractivity contribution in [2.75, 3.05) is 38.2 Å². The van der Waals surface area contributed by atoms with Crippen LogP contribution < -0.4 is 10.1 Å². The van der Waals surface area contributed by atoms with Gasteiger partial charge in [0, 0.05) is 25.4 Å². The number of sulfonamides is 1. The average Bonchev–Trinajstić information content (AvgIpc) is 3.23. The molecular formula is C20H23N3O5S2. The van der Waals surface area contributed by atoms with Crippen LogP contribution in [-0.4, -0.2) is 68.3 Å². The third-order valence-electron chi connectivity index (χ3n) is 4.67. The molecule has 0 aromatic heterocycles. The molecule has 8 nitrogen and oxygen atoms in total. The molecule has 1 N–H and O–H groups in total. The van der Waals surface area contributed by atoms with Gasteiger partial charge >= 0.3 is 0 Å². The van der Waals surface area contributed by atoms with Gasteiger partial charge in [-0.05, 0) is 30.3 Å². The van der Waals surface area contributed by atoms with Gasteiger partial charge in [0.15, 0.2) is 0 Å². The van der Waals surface area contributed by atoms with Crippen LogP contribution in [0.15, 0.2) is 53.4 Å². The van der Waals surface area contributed by atoms with Gasteiger partial charge in [-0.25, -0.2) is 12.7 Å². The number of amides is 2. The van der Waals surface area contributed by atoms with E-state index in [1.165, 1.54) is 56.1 Å². The van der Waals surface area contributed by atoms with Gasteiger partial charge in [-0.2, -0.15) is 0 Å².